The number of nitrogens with one attached hydrogen (secondary N) is 8. The average Bonchev–Trinajstić information content (AvgIpc) is 4.09. The summed E-state index contributed by atoms with van der Waals surface area (Å²) in [6.07, 6.45) is 8.13. The molecule has 5 atom stereocenters. The maximum atomic E-state index is 14.6. The maximum absolute atomic E-state index is 14.6. The van der Waals surface area contributed by atoms with Crippen LogP contribution in [-0.2, 0) is 49.7 Å². The second kappa shape index (κ2) is 23.6. The van der Waals surface area contributed by atoms with Crippen LogP contribution in [0.3, 0.4) is 0 Å². The van der Waals surface area contributed by atoms with Gasteiger partial charge in [-0.2, -0.15) is 0 Å². The van der Waals surface area contributed by atoms with E-state index in [4.69, 9.17) is 17.2 Å². The molecule has 0 saturated heterocycles. The van der Waals surface area contributed by atoms with Gasteiger partial charge in [0.05, 0.1) is 12.4 Å². The Kier molecular flexibility index (Phi) is 17.2. The van der Waals surface area contributed by atoms with Crippen molar-refractivity contribution >= 4 is 57.4 Å². The van der Waals surface area contributed by atoms with Crippen molar-refractivity contribution in [3.05, 3.63) is 126 Å². The summed E-state index contributed by atoms with van der Waals surface area (Å²) in [5, 5.41) is 13.9. The number of hydrogen-bond donors (Lipinski definition) is 11. The number of rotatable bonds is 23. The standard InChI is InChI=1S/C48H61N13O6/c1-29(2)27-61(60-47(66)42(22-32-25-54-38-17-9-7-15-35(32)38)57-44(63)36(50)23-33-26-52-28-55-33)48(67)59-41(21-31-24-53-37-16-8-6-14-34(31)37)46(65)58-40(20-30-12-4-3-5-13-30)45(64)56-39(43(51)62)18-10-11-19-49/h3-9,12-17,24-26,28-29,36,39-42,53-54H,10-11,18-23,27,49-50H2,1-2H3,(H2,51,62)(H,52,55)(H,56,64)(H,57,63)(H,58,65)(H,59,67)(H,60,66)/t36-,39-,40+,41-,42+/m0/s1. The number of carbonyl (C=O) groups excluding carboxylic acids is 6. The van der Waals surface area contributed by atoms with Gasteiger partial charge in [0.15, 0.2) is 0 Å². The lowest BCUT2D eigenvalue weighted by Gasteiger charge is -2.30. The molecular formula is C48H61N13O6. The normalized spacial score (nSPS) is 13.6. The van der Waals surface area contributed by atoms with Crippen molar-refractivity contribution < 1.29 is 28.8 Å². The number of para-hydroxylation sites is 2. The molecule has 3 heterocycles. The van der Waals surface area contributed by atoms with Gasteiger partial charge < -0.3 is 53.4 Å². The first kappa shape index (κ1) is 48.9. The highest BCUT2D eigenvalue weighted by Gasteiger charge is 2.33. The minimum absolute atomic E-state index is 0.00376. The minimum Gasteiger partial charge on any atom is -0.368 e. The first-order valence-electron chi connectivity index (χ1n) is 22.4. The fraction of sp³-hybridized carbons (Fsp3) is 0.354. The molecule has 354 valence electrons. The summed E-state index contributed by atoms with van der Waals surface area (Å²) >= 11 is 0. The zero-order valence-corrected chi connectivity index (χ0v) is 37.7. The Morgan fingerprint density at radius 2 is 1.19 bits per heavy atom. The molecule has 3 aromatic heterocycles. The highest BCUT2D eigenvalue weighted by atomic mass is 16.2. The third-order valence-electron chi connectivity index (χ3n) is 11.3. The van der Waals surface area contributed by atoms with Crippen LogP contribution in [0.4, 0.5) is 4.79 Å². The predicted octanol–water partition coefficient (Wildman–Crippen LogP) is 2.11. The molecule has 19 heteroatoms. The zero-order valence-electron chi connectivity index (χ0n) is 37.7. The summed E-state index contributed by atoms with van der Waals surface area (Å²) in [5.74, 6) is -3.58. The van der Waals surface area contributed by atoms with Crippen molar-refractivity contribution in [2.45, 2.75) is 89.0 Å². The lowest BCUT2D eigenvalue weighted by Crippen LogP contribution is -2.62. The second-order valence-electron chi connectivity index (χ2n) is 17.1. The maximum Gasteiger partial charge on any atom is 0.336 e. The quantitative estimate of drug-likeness (QED) is 0.0331. The summed E-state index contributed by atoms with van der Waals surface area (Å²) in [6.45, 7) is 4.11. The third-order valence-corrected chi connectivity index (χ3v) is 11.3. The summed E-state index contributed by atoms with van der Waals surface area (Å²) in [4.78, 5) is 97.0. The highest BCUT2D eigenvalue weighted by molar-refractivity contribution is 5.96. The molecule has 6 aromatic rings. The van der Waals surface area contributed by atoms with Gasteiger partial charge in [-0.3, -0.25) is 29.4 Å². The van der Waals surface area contributed by atoms with E-state index in [2.05, 4.69) is 46.6 Å². The lowest BCUT2D eigenvalue weighted by atomic mass is 10.0. The number of aromatic nitrogens is 4. The number of nitrogens with two attached hydrogens (primary N) is 3. The van der Waals surface area contributed by atoms with Crippen LogP contribution in [-0.4, -0.2) is 104 Å². The SMILES string of the molecule is CC(C)CN(NC(=O)[C@@H](Cc1c[nH]c2ccccc12)NC(=O)[C@@H](N)Cc1cnc[nH]1)C(=O)N[C@@H](Cc1c[nH]c2ccccc12)C(=O)N[C@H](Cc1ccccc1)C(=O)N[C@@H](CCCCN)C(N)=O. The van der Waals surface area contributed by atoms with Crippen molar-refractivity contribution in [3.63, 3.8) is 0 Å². The Labute approximate surface area is 388 Å². The molecule has 0 saturated carbocycles. The number of unbranched alkanes of at least 4 members (excludes halogenated alkanes) is 1. The molecule has 6 rings (SSSR count). The predicted molar refractivity (Wildman–Crippen MR) is 254 cm³/mol. The van der Waals surface area contributed by atoms with E-state index in [-0.39, 0.29) is 44.6 Å². The van der Waals surface area contributed by atoms with Crippen LogP contribution >= 0.6 is 0 Å². The van der Waals surface area contributed by atoms with E-state index < -0.39 is 65.8 Å². The summed E-state index contributed by atoms with van der Waals surface area (Å²) < 4.78 is 0. The molecule has 0 bridgehead atoms. The van der Waals surface area contributed by atoms with Gasteiger partial charge >= 0.3 is 6.03 Å². The van der Waals surface area contributed by atoms with E-state index in [0.29, 0.717) is 30.6 Å². The van der Waals surface area contributed by atoms with Crippen LogP contribution in [0.15, 0.2) is 104 Å². The van der Waals surface area contributed by atoms with Crippen molar-refractivity contribution in [1.82, 2.24) is 51.6 Å². The van der Waals surface area contributed by atoms with E-state index in [0.717, 1.165) is 37.9 Å². The monoisotopic (exact) mass is 915 g/mol. The van der Waals surface area contributed by atoms with Crippen molar-refractivity contribution in [2.75, 3.05) is 13.1 Å². The molecule has 0 radical (unpaired) electrons. The molecule has 0 aliphatic carbocycles. The van der Waals surface area contributed by atoms with Gasteiger partial charge in [-0.1, -0.05) is 80.6 Å². The molecule has 19 nitrogen and oxygen atoms in total. The average molecular weight is 916 g/mol. The van der Waals surface area contributed by atoms with Crippen LogP contribution in [0.2, 0.25) is 0 Å². The smallest absolute Gasteiger partial charge is 0.336 e. The molecule has 0 unspecified atom stereocenters. The van der Waals surface area contributed by atoms with E-state index in [1.54, 1.807) is 42.9 Å². The highest BCUT2D eigenvalue weighted by Crippen LogP contribution is 2.21. The van der Waals surface area contributed by atoms with Crippen molar-refractivity contribution in [1.29, 1.82) is 0 Å². The number of hydrazine groups is 1. The van der Waals surface area contributed by atoms with E-state index in [1.165, 1.54) is 6.33 Å². The number of hydrogen-bond acceptors (Lipinski definition) is 9. The van der Waals surface area contributed by atoms with Gasteiger partial charge in [0.25, 0.3) is 5.91 Å². The number of urea groups is 1. The Morgan fingerprint density at radius 3 is 1.76 bits per heavy atom. The molecular weight excluding hydrogens is 855 g/mol. The molecule has 67 heavy (non-hydrogen) atoms. The Balaban J connectivity index is 1.27. The Morgan fingerprint density at radius 1 is 0.642 bits per heavy atom. The van der Waals surface area contributed by atoms with Crippen molar-refractivity contribution in [2.24, 2.45) is 23.1 Å². The number of carbonyl (C=O) groups is 6. The van der Waals surface area contributed by atoms with Gasteiger partial charge in [-0.05, 0) is 60.5 Å². The molecule has 0 aliphatic heterocycles. The van der Waals surface area contributed by atoms with Crippen LogP contribution in [0.5, 0.6) is 0 Å². The number of nitrogens with zero attached hydrogens (tertiary/aromatic N) is 2. The number of fused-ring (bicyclic) bond motifs is 2. The van der Waals surface area contributed by atoms with Crippen LogP contribution < -0.4 is 43.9 Å². The zero-order chi connectivity index (χ0) is 47.9. The second-order valence-corrected chi connectivity index (χ2v) is 17.1. The number of imidazole rings is 1. The number of aromatic amines is 3. The Bertz CT molecular complexity index is 2590. The molecule has 14 N–H and O–H groups in total. The van der Waals surface area contributed by atoms with Crippen molar-refractivity contribution in [3.8, 4) is 0 Å². The van der Waals surface area contributed by atoms with Gasteiger partial charge in [0.1, 0.15) is 24.2 Å². The van der Waals surface area contributed by atoms with E-state index in [9.17, 15) is 28.8 Å². The summed E-state index contributed by atoms with van der Waals surface area (Å²) in [7, 11) is 0. The topological polar surface area (TPSA) is 304 Å². The first-order chi connectivity index (χ1) is 32.3. The summed E-state index contributed by atoms with van der Waals surface area (Å²) in [5.41, 5.74) is 24.8. The van der Waals surface area contributed by atoms with Crippen LogP contribution in [0, 0.1) is 5.92 Å². The molecule has 0 aliphatic rings. The fourth-order valence-corrected chi connectivity index (χ4v) is 7.83. The number of H-pyrrole nitrogens is 3. The largest absolute Gasteiger partial charge is 0.368 e. The Hall–Kier alpha value is -7.51. The van der Waals surface area contributed by atoms with Gasteiger partial charge in [0, 0.05) is 78.3 Å². The number of benzene rings is 3. The first-order valence-corrected chi connectivity index (χ1v) is 22.4. The van der Waals surface area contributed by atoms with Gasteiger partial charge in [-0.25, -0.2) is 14.8 Å². The van der Waals surface area contributed by atoms with Crippen LogP contribution in [0.25, 0.3) is 21.8 Å². The third kappa shape index (κ3) is 13.8. The minimum atomic E-state index is -1.30. The van der Waals surface area contributed by atoms with Gasteiger partial charge in [-0.15, -0.1) is 0 Å². The van der Waals surface area contributed by atoms with E-state index in [1.807, 2.05) is 68.4 Å². The van der Waals surface area contributed by atoms with E-state index >= 15 is 0 Å². The lowest BCUT2D eigenvalue weighted by molar-refractivity contribution is -0.132. The number of primary amides is 1. The number of amides is 7. The molecule has 3 aromatic carbocycles. The summed E-state index contributed by atoms with van der Waals surface area (Å²) in [6, 6.07) is 17.5. The molecule has 0 spiro atoms. The van der Waals surface area contributed by atoms with Gasteiger partial charge in [0.2, 0.25) is 23.6 Å². The van der Waals surface area contributed by atoms with Crippen LogP contribution in [0.1, 0.15) is 55.5 Å². The molecule has 7 amide bonds. The molecule has 0 fully saturated rings. The fourth-order valence-electron chi connectivity index (χ4n) is 7.83.